The molecule has 1 aromatic heterocycles. The lowest BCUT2D eigenvalue weighted by atomic mass is 10.0. The molecule has 0 bridgehead atoms. The molecule has 0 spiro atoms. The highest BCUT2D eigenvalue weighted by atomic mass is 15.3. The summed E-state index contributed by atoms with van der Waals surface area (Å²) in [6.07, 6.45) is 2.38. The van der Waals surface area contributed by atoms with E-state index in [1.165, 1.54) is 12.8 Å². The number of hydrazine groups is 1. The highest BCUT2D eigenvalue weighted by molar-refractivity contribution is 5.58. The smallest absolute Gasteiger partial charge is 0.148 e. The zero-order chi connectivity index (χ0) is 16.0. The molecule has 5 nitrogen and oxygen atoms in total. The summed E-state index contributed by atoms with van der Waals surface area (Å²) in [6.45, 7) is 14.9. The first-order chi connectivity index (χ1) is 9.98. The van der Waals surface area contributed by atoms with Gasteiger partial charge in [0.25, 0.3) is 0 Å². The van der Waals surface area contributed by atoms with E-state index in [1.54, 1.807) is 0 Å². The Morgan fingerprint density at radius 3 is 2.19 bits per heavy atom. The molecule has 120 valence electrons. The van der Waals surface area contributed by atoms with Crippen LogP contribution in [0.4, 0.5) is 11.6 Å². The van der Waals surface area contributed by atoms with Crippen LogP contribution in [0, 0.1) is 12.8 Å². The lowest BCUT2D eigenvalue weighted by Gasteiger charge is -2.29. The molecule has 1 rings (SSSR count). The van der Waals surface area contributed by atoms with Crippen LogP contribution in [0.1, 0.15) is 64.8 Å². The van der Waals surface area contributed by atoms with Crippen molar-refractivity contribution in [1.29, 1.82) is 0 Å². The van der Waals surface area contributed by atoms with E-state index in [0.29, 0.717) is 5.92 Å². The fraction of sp³-hybridized carbons (Fsp3) is 0.750. The van der Waals surface area contributed by atoms with Gasteiger partial charge >= 0.3 is 0 Å². The van der Waals surface area contributed by atoms with Crippen molar-refractivity contribution >= 4 is 11.6 Å². The van der Waals surface area contributed by atoms with E-state index in [2.05, 4.69) is 49.9 Å². The Labute approximate surface area is 129 Å². The maximum atomic E-state index is 5.62. The van der Waals surface area contributed by atoms with Crippen LogP contribution in [0.3, 0.4) is 0 Å². The third-order valence-electron chi connectivity index (χ3n) is 4.11. The van der Waals surface area contributed by atoms with Gasteiger partial charge in [-0.05, 0) is 19.8 Å². The van der Waals surface area contributed by atoms with Crippen LogP contribution in [-0.2, 0) is 0 Å². The molecular weight excluding hydrogens is 262 g/mol. The van der Waals surface area contributed by atoms with E-state index in [4.69, 9.17) is 10.8 Å². The zero-order valence-corrected chi connectivity index (χ0v) is 14.4. The van der Waals surface area contributed by atoms with E-state index in [1.807, 2.05) is 6.92 Å². The summed E-state index contributed by atoms with van der Waals surface area (Å²) in [5, 5.41) is 0. The Bertz CT molecular complexity index is 441. The summed E-state index contributed by atoms with van der Waals surface area (Å²) in [5.74, 6) is 9.17. The molecule has 0 amide bonds. The van der Waals surface area contributed by atoms with Gasteiger partial charge in [-0.1, -0.05) is 40.5 Å². The van der Waals surface area contributed by atoms with E-state index in [9.17, 15) is 0 Å². The quantitative estimate of drug-likeness (QED) is 0.567. The molecule has 1 aromatic rings. The van der Waals surface area contributed by atoms with Crippen molar-refractivity contribution in [3.8, 4) is 0 Å². The van der Waals surface area contributed by atoms with Gasteiger partial charge in [-0.25, -0.2) is 15.8 Å². The van der Waals surface area contributed by atoms with Crippen molar-refractivity contribution in [2.75, 3.05) is 23.4 Å². The maximum Gasteiger partial charge on any atom is 0.148 e. The molecule has 21 heavy (non-hydrogen) atoms. The Kier molecular flexibility index (Phi) is 6.89. The molecule has 0 unspecified atom stereocenters. The second-order valence-electron chi connectivity index (χ2n) is 5.90. The highest BCUT2D eigenvalue weighted by Crippen LogP contribution is 2.26. The summed E-state index contributed by atoms with van der Waals surface area (Å²) >= 11 is 0. The van der Waals surface area contributed by atoms with E-state index in [0.717, 1.165) is 36.1 Å². The monoisotopic (exact) mass is 293 g/mol. The van der Waals surface area contributed by atoms with Crippen molar-refractivity contribution in [3.05, 3.63) is 11.4 Å². The van der Waals surface area contributed by atoms with Crippen molar-refractivity contribution in [2.24, 2.45) is 11.8 Å². The predicted molar refractivity (Wildman–Crippen MR) is 90.6 cm³/mol. The third kappa shape index (κ3) is 4.30. The first-order valence-corrected chi connectivity index (χ1v) is 8.08. The van der Waals surface area contributed by atoms with Crippen LogP contribution in [0.25, 0.3) is 0 Å². The summed E-state index contributed by atoms with van der Waals surface area (Å²) in [6, 6.07) is 0. The predicted octanol–water partition coefficient (Wildman–Crippen LogP) is 3.46. The van der Waals surface area contributed by atoms with Crippen LogP contribution in [0.15, 0.2) is 0 Å². The second-order valence-corrected chi connectivity index (χ2v) is 5.90. The standard InChI is InChI=1S/C16H31N5/c1-7-13(8-2)10-21(9-3)16-12(6)15(20-17)18-14(19-16)11(4)5/h11,13H,7-10,17H2,1-6H3,(H,18,19,20). The summed E-state index contributed by atoms with van der Waals surface area (Å²) in [7, 11) is 0. The number of nitrogens with two attached hydrogens (primary N) is 1. The summed E-state index contributed by atoms with van der Waals surface area (Å²) < 4.78 is 0. The average molecular weight is 293 g/mol. The summed E-state index contributed by atoms with van der Waals surface area (Å²) in [5.41, 5.74) is 3.74. The molecule has 3 N–H and O–H groups in total. The number of rotatable bonds is 8. The SMILES string of the molecule is CCC(CC)CN(CC)c1nc(C(C)C)nc(NN)c1C. The fourth-order valence-corrected chi connectivity index (χ4v) is 2.45. The molecule has 0 aliphatic rings. The number of hydrogen-bond acceptors (Lipinski definition) is 5. The first-order valence-electron chi connectivity index (χ1n) is 8.08. The van der Waals surface area contributed by atoms with Crippen molar-refractivity contribution in [3.63, 3.8) is 0 Å². The number of nitrogens with zero attached hydrogens (tertiary/aromatic N) is 3. The highest BCUT2D eigenvalue weighted by Gasteiger charge is 2.18. The van der Waals surface area contributed by atoms with Crippen molar-refractivity contribution in [2.45, 2.75) is 60.3 Å². The number of nitrogen functional groups attached to an aromatic ring is 1. The van der Waals surface area contributed by atoms with Gasteiger partial charge in [0.1, 0.15) is 17.5 Å². The van der Waals surface area contributed by atoms with Gasteiger partial charge < -0.3 is 10.3 Å². The van der Waals surface area contributed by atoms with E-state index < -0.39 is 0 Å². The van der Waals surface area contributed by atoms with Gasteiger partial charge in [0.2, 0.25) is 0 Å². The van der Waals surface area contributed by atoms with Crippen LogP contribution in [-0.4, -0.2) is 23.1 Å². The largest absolute Gasteiger partial charge is 0.356 e. The van der Waals surface area contributed by atoms with Crippen LogP contribution in [0.5, 0.6) is 0 Å². The molecule has 0 fully saturated rings. The van der Waals surface area contributed by atoms with Gasteiger partial charge in [-0.2, -0.15) is 0 Å². The lowest BCUT2D eigenvalue weighted by Crippen LogP contribution is -2.31. The van der Waals surface area contributed by atoms with E-state index >= 15 is 0 Å². The minimum atomic E-state index is 0.281. The average Bonchev–Trinajstić information content (AvgIpc) is 2.49. The van der Waals surface area contributed by atoms with Crippen molar-refractivity contribution in [1.82, 2.24) is 9.97 Å². The molecule has 0 radical (unpaired) electrons. The Balaban J connectivity index is 3.20. The van der Waals surface area contributed by atoms with Crippen LogP contribution >= 0.6 is 0 Å². The van der Waals surface area contributed by atoms with Gasteiger partial charge in [0.15, 0.2) is 0 Å². The fourth-order valence-electron chi connectivity index (χ4n) is 2.45. The lowest BCUT2D eigenvalue weighted by molar-refractivity contribution is 0.483. The molecule has 5 heteroatoms. The molecule has 0 atom stereocenters. The molecular formula is C16H31N5. The third-order valence-corrected chi connectivity index (χ3v) is 4.11. The van der Waals surface area contributed by atoms with Crippen LogP contribution < -0.4 is 16.2 Å². The normalized spacial score (nSPS) is 11.3. The molecule has 0 aromatic carbocycles. The minimum Gasteiger partial charge on any atom is -0.356 e. The van der Waals surface area contributed by atoms with Gasteiger partial charge in [-0.3, -0.25) is 0 Å². The Hall–Kier alpha value is -1.36. The number of hydrogen-bond donors (Lipinski definition) is 2. The number of aromatic nitrogens is 2. The van der Waals surface area contributed by atoms with E-state index in [-0.39, 0.29) is 5.92 Å². The zero-order valence-electron chi connectivity index (χ0n) is 14.4. The summed E-state index contributed by atoms with van der Waals surface area (Å²) in [4.78, 5) is 11.7. The molecule has 0 saturated carbocycles. The Morgan fingerprint density at radius 2 is 1.76 bits per heavy atom. The van der Waals surface area contributed by atoms with Crippen molar-refractivity contribution < 1.29 is 0 Å². The first kappa shape index (κ1) is 17.7. The van der Waals surface area contributed by atoms with Gasteiger partial charge in [0, 0.05) is 24.6 Å². The maximum absolute atomic E-state index is 5.62. The molecule has 1 heterocycles. The molecule has 0 aliphatic carbocycles. The Morgan fingerprint density at radius 1 is 1.14 bits per heavy atom. The number of nitrogens with one attached hydrogen (secondary N) is 1. The minimum absolute atomic E-state index is 0.281. The van der Waals surface area contributed by atoms with Gasteiger partial charge in [0.05, 0.1) is 0 Å². The number of anilines is 2. The van der Waals surface area contributed by atoms with Crippen LogP contribution in [0.2, 0.25) is 0 Å². The molecule has 0 aliphatic heterocycles. The van der Waals surface area contributed by atoms with Gasteiger partial charge in [-0.15, -0.1) is 0 Å². The molecule has 0 saturated heterocycles. The second kappa shape index (κ2) is 8.17. The topological polar surface area (TPSA) is 67.1 Å².